The molecule has 3 aliphatic rings. The van der Waals surface area contributed by atoms with E-state index in [2.05, 4.69) is 34.9 Å². The second-order valence-corrected chi connectivity index (χ2v) is 9.08. The first kappa shape index (κ1) is 21.4. The fraction of sp³-hybridized carbons (Fsp3) is 0.333. The summed E-state index contributed by atoms with van der Waals surface area (Å²) in [4.78, 5) is 29.0. The van der Waals surface area contributed by atoms with Crippen molar-refractivity contribution in [2.45, 2.75) is 39.5 Å². The summed E-state index contributed by atoms with van der Waals surface area (Å²) in [6.45, 7) is 5.36. The molecule has 1 saturated carbocycles. The molecule has 0 radical (unpaired) electrons. The molecule has 1 amide bonds. The first-order valence-electron chi connectivity index (χ1n) is 11.5. The smallest absolute Gasteiger partial charge is 0.274 e. The Labute approximate surface area is 193 Å². The molecule has 0 bridgehead atoms. The van der Waals surface area contributed by atoms with E-state index in [9.17, 15) is 9.18 Å². The van der Waals surface area contributed by atoms with E-state index in [0.29, 0.717) is 43.2 Å². The van der Waals surface area contributed by atoms with E-state index in [1.807, 2.05) is 23.2 Å². The lowest BCUT2D eigenvalue weighted by atomic mass is 9.95. The number of fused-ring (bicyclic) bond motifs is 1. The van der Waals surface area contributed by atoms with Gasteiger partial charge in [-0.1, -0.05) is 12.1 Å². The largest absolute Gasteiger partial charge is 0.337 e. The SMILES string of the molecule is Cc1ccc(-c2nccnc2C(=O)N(CCC2=CN=C3CC=C(F)C=C23)CC2CC2)cc1C. The van der Waals surface area contributed by atoms with Crippen LogP contribution >= 0.6 is 0 Å². The van der Waals surface area contributed by atoms with Crippen LogP contribution in [0.5, 0.6) is 0 Å². The third-order valence-corrected chi connectivity index (χ3v) is 6.60. The van der Waals surface area contributed by atoms with Gasteiger partial charge in [-0.2, -0.15) is 0 Å². The zero-order valence-corrected chi connectivity index (χ0v) is 19.0. The molecule has 5 rings (SSSR count). The number of benzene rings is 1. The minimum Gasteiger partial charge on any atom is -0.337 e. The molecule has 0 unspecified atom stereocenters. The molecular formula is C27H27FN4O. The molecule has 2 heterocycles. The highest BCUT2D eigenvalue weighted by Gasteiger charge is 2.30. The Kier molecular flexibility index (Phi) is 5.75. The molecule has 2 aliphatic carbocycles. The van der Waals surface area contributed by atoms with Crippen molar-refractivity contribution in [3.63, 3.8) is 0 Å². The molecule has 2 aromatic rings. The van der Waals surface area contributed by atoms with Crippen LogP contribution in [0.1, 0.15) is 47.3 Å². The normalized spacial score (nSPS) is 17.1. The molecule has 5 nitrogen and oxygen atoms in total. The summed E-state index contributed by atoms with van der Waals surface area (Å²) in [5.74, 6) is 0.209. The number of aliphatic imine (C=N–C) groups is 1. The van der Waals surface area contributed by atoms with Gasteiger partial charge in [0.2, 0.25) is 0 Å². The van der Waals surface area contributed by atoms with Crippen LogP contribution in [0, 0.1) is 19.8 Å². The number of amides is 1. The summed E-state index contributed by atoms with van der Waals surface area (Å²) in [5, 5.41) is 0. The number of aryl methyl sites for hydroxylation is 2. The molecular weight excluding hydrogens is 415 g/mol. The summed E-state index contributed by atoms with van der Waals surface area (Å²) in [7, 11) is 0. The fourth-order valence-corrected chi connectivity index (χ4v) is 4.30. The van der Waals surface area contributed by atoms with Gasteiger partial charge in [0.1, 0.15) is 11.5 Å². The molecule has 168 valence electrons. The molecule has 0 saturated heterocycles. The maximum absolute atomic E-state index is 13.8. The molecule has 0 spiro atoms. The summed E-state index contributed by atoms with van der Waals surface area (Å²) >= 11 is 0. The number of allylic oxidation sites excluding steroid dienone is 4. The number of carbonyl (C=O) groups excluding carboxylic acids is 1. The quantitative estimate of drug-likeness (QED) is 0.567. The van der Waals surface area contributed by atoms with Crippen molar-refractivity contribution in [3.05, 3.63) is 82.7 Å². The molecule has 6 heteroatoms. The second-order valence-electron chi connectivity index (χ2n) is 9.08. The van der Waals surface area contributed by atoms with Gasteiger partial charge in [-0.25, -0.2) is 9.37 Å². The van der Waals surface area contributed by atoms with E-state index >= 15 is 0 Å². The highest BCUT2D eigenvalue weighted by atomic mass is 19.1. The zero-order valence-electron chi connectivity index (χ0n) is 19.0. The Balaban J connectivity index is 1.38. The summed E-state index contributed by atoms with van der Waals surface area (Å²) in [6.07, 6.45) is 11.6. The van der Waals surface area contributed by atoms with Crippen molar-refractivity contribution in [2.24, 2.45) is 10.9 Å². The first-order valence-corrected chi connectivity index (χ1v) is 11.5. The van der Waals surface area contributed by atoms with E-state index in [0.717, 1.165) is 40.8 Å². The summed E-state index contributed by atoms with van der Waals surface area (Å²) in [5.41, 5.74) is 6.98. The third kappa shape index (κ3) is 4.56. The van der Waals surface area contributed by atoms with Crippen LogP contribution in [0.3, 0.4) is 0 Å². The Bertz CT molecular complexity index is 1240. The summed E-state index contributed by atoms with van der Waals surface area (Å²) < 4.78 is 13.8. The number of hydrogen-bond donors (Lipinski definition) is 0. The Morgan fingerprint density at radius 2 is 1.97 bits per heavy atom. The average Bonchev–Trinajstić information content (AvgIpc) is 3.56. The maximum atomic E-state index is 13.8. The highest BCUT2D eigenvalue weighted by Crippen LogP contribution is 2.33. The van der Waals surface area contributed by atoms with Gasteiger partial charge in [0, 0.05) is 49.2 Å². The van der Waals surface area contributed by atoms with Gasteiger partial charge in [0.05, 0.1) is 5.71 Å². The highest BCUT2D eigenvalue weighted by molar-refractivity contribution is 6.08. The van der Waals surface area contributed by atoms with Crippen molar-refractivity contribution in [1.29, 1.82) is 0 Å². The number of nitrogens with zero attached hydrogens (tertiary/aromatic N) is 4. The van der Waals surface area contributed by atoms with Gasteiger partial charge >= 0.3 is 0 Å². The first-order chi connectivity index (χ1) is 16.0. The van der Waals surface area contributed by atoms with E-state index in [1.165, 1.54) is 5.56 Å². The summed E-state index contributed by atoms with van der Waals surface area (Å²) in [6, 6.07) is 6.10. The molecule has 33 heavy (non-hydrogen) atoms. The lowest BCUT2D eigenvalue weighted by Gasteiger charge is -2.24. The van der Waals surface area contributed by atoms with Gasteiger partial charge in [0.25, 0.3) is 5.91 Å². The Morgan fingerprint density at radius 1 is 1.15 bits per heavy atom. The van der Waals surface area contributed by atoms with Gasteiger partial charge in [-0.15, -0.1) is 0 Å². The van der Waals surface area contributed by atoms with Crippen molar-refractivity contribution in [1.82, 2.24) is 14.9 Å². The van der Waals surface area contributed by atoms with Crippen molar-refractivity contribution in [2.75, 3.05) is 13.1 Å². The predicted octanol–water partition coefficient (Wildman–Crippen LogP) is 5.52. The van der Waals surface area contributed by atoms with Crippen molar-refractivity contribution < 1.29 is 9.18 Å². The topological polar surface area (TPSA) is 58.5 Å². The van der Waals surface area contributed by atoms with E-state index < -0.39 is 0 Å². The van der Waals surface area contributed by atoms with Crippen LogP contribution < -0.4 is 0 Å². The predicted molar refractivity (Wildman–Crippen MR) is 128 cm³/mol. The lowest BCUT2D eigenvalue weighted by Crippen LogP contribution is -2.35. The standard InChI is InChI=1S/C27H27FN4O/c1-17-3-6-20(13-18(17)2)25-26(30-11-10-29-25)27(33)32(16-19-4-5-19)12-9-21-15-31-24-8-7-22(28)14-23(21)24/h3,6-7,10-11,13-15,19H,4-5,8-9,12,16H2,1-2H3. The monoisotopic (exact) mass is 442 g/mol. The van der Waals surface area contributed by atoms with Crippen LogP contribution in [0.25, 0.3) is 11.3 Å². The third-order valence-electron chi connectivity index (χ3n) is 6.60. The minimum atomic E-state index is -0.222. The zero-order chi connectivity index (χ0) is 22.9. The van der Waals surface area contributed by atoms with Crippen LogP contribution in [-0.2, 0) is 0 Å². The van der Waals surface area contributed by atoms with Crippen LogP contribution in [0.4, 0.5) is 4.39 Å². The van der Waals surface area contributed by atoms with Crippen LogP contribution in [0.2, 0.25) is 0 Å². The molecule has 0 N–H and O–H groups in total. The molecule has 0 atom stereocenters. The average molecular weight is 443 g/mol. The molecule has 1 aromatic heterocycles. The number of carbonyl (C=O) groups is 1. The van der Waals surface area contributed by atoms with Crippen molar-refractivity contribution >= 4 is 11.6 Å². The molecule has 1 aliphatic heterocycles. The van der Waals surface area contributed by atoms with Crippen LogP contribution in [-0.4, -0.2) is 39.6 Å². The second kappa shape index (κ2) is 8.85. The fourth-order valence-electron chi connectivity index (χ4n) is 4.30. The van der Waals surface area contributed by atoms with Gasteiger partial charge < -0.3 is 4.90 Å². The van der Waals surface area contributed by atoms with E-state index in [-0.39, 0.29) is 11.7 Å². The van der Waals surface area contributed by atoms with Gasteiger partial charge in [-0.3, -0.25) is 14.8 Å². The molecule has 1 fully saturated rings. The van der Waals surface area contributed by atoms with Gasteiger partial charge in [0.15, 0.2) is 5.69 Å². The Morgan fingerprint density at radius 3 is 2.76 bits per heavy atom. The van der Waals surface area contributed by atoms with Crippen LogP contribution in [0.15, 0.2) is 70.9 Å². The number of halogens is 1. The van der Waals surface area contributed by atoms with E-state index in [1.54, 1.807) is 24.5 Å². The van der Waals surface area contributed by atoms with E-state index in [4.69, 9.17) is 0 Å². The number of rotatable bonds is 7. The number of hydrogen-bond acceptors (Lipinski definition) is 4. The van der Waals surface area contributed by atoms with Gasteiger partial charge in [-0.05, 0) is 73.9 Å². The lowest BCUT2D eigenvalue weighted by molar-refractivity contribution is 0.0744. The maximum Gasteiger partial charge on any atom is 0.274 e. The minimum absolute atomic E-state index is 0.105. The molecule has 1 aromatic carbocycles. The van der Waals surface area contributed by atoms with Crippen molar-refractivity contribution in [3.8, 4) is 11.3 Å². The number of aromatic nitrogens is 2. The Hall–Kier alpha value is -3.41.